The number of alkyl halides is 3. The van der Waals surface area contributed by atoms with Crippen molar-refractivity contribution in [1.82, 2.24) is 4.98 Å². The van der Waals surface area contributed by atoms with Gasteiger partial charge in [-0.15, -0.1) is 0 Å². The first-order chi connectivity index (χ1) is 14.2. The Kier molecular flexibility index (Phi) is 4.79. The normalized spacial score (nSPS) is 12.8. The van der Waals surface area contributed by atoms with Crippen LogP contribution in [-0.4, -0.2) is 16.6 Å². The van der Waals surface area contributed by atoms with Crippen molar-refractivity contribution in [2.75, 3.05) is 5.32 Å². The third kappa shape index (κ3) is 3.77. The summed E-state index contributed by atoms with van der Waals surface area (Å²) in [4.78, 5) is 20.4. The first kappa shape index (κ1) is 19.7. The molecule has 0 saturated heterocycles. The second-order valence-corrected chi connectivity index (χ2v) is 6.77. The van der Waals surface area contributed by atoms with Crippen LogP contribution >= 0.6 is 11.6 Å². The van der Waals surface area contributed by atoms with Gasteiger partial charge in [-0.2, -0.15) is 18.4 Å². The second-order valence-electron chi connectivity index (χ2n) is 6.36. The first-order valence-electron chi connectivity index (χ1n) is 8.49. The number of furan rings is 1. The molecule has 1 amide bonds. The summed E-state index contributed by atoms with van der Waals surface area (Å²) in [6.45, 7) is 0. The number of anilines is 1. The zero-order chi connectivity index (χ0) is 21.5. The molecule has 0 unspecified atom stereocenters. The van der Waals surface area contributed by atoms with E-state index >= 15 is 0 Å². The number of pyridine rings is 1. The van der Waals surface area contributed by atoms with Gasteiger partial charge in [0, 0.05) is 34.5 Å². The summed E-state index contributed by atoms with van der Waals surface area (Å²) < 4.78 is 43.8. The van der Waals surface area contributed by atoms with Crippen LogP contribution in [0.1, 0.15) is 33.0 Å². The van der Waals surface area contributed by atoms with E-state index in [1.165, 1.54) is 18.2 Å². The smallest absolute Gasteiger partial charge is 0.417 e. The van der Waals surface area contributed by atoms with Gasteiger partial charge in [-0.1, -0.05) is 11.6 Å². The van der Waals surface area contributed by atoms with Crippen LogP contribution in [0.25, 0.3) is 0 Å². The summed E-state index contributed by atoms with van der Waals surface area (Å²) in [5.41, 5.74) is 0.753. The van der Waals surface area contributed by atoms with Crippen LogP contribution in [0.4, 0.5) is 24.7 Å². The van der Waals surface area contributed by atoms with Gasteiger partial charge in [0.05, 0.1) is 11.3 Å². The molecule has 4 rings (SSSR count). The van der Waals surface area contributed by atoms with Gasteiger partial charge >= 0.3 is 6.18 Å². The molecule has 1 N–H and O–H groups in total. The molecule has 2 aromatic heterocycles. The molecule has 0 radical (unpaired) electrons. The Morgan fingerprint density at radius 3 is 2.73 bits per heavy atom. The third-order valence-electron chi connectivity index (χ3n) is 4.34. The molecular formula is C20H10ClF3N4O2. The van der Waals surface area contributed by atoms with Crippen molar-refractivity contribution in [3.8, 4) is 6.07 Å². The summed E-state index contributed by atoms with van der Waals surface area (Å²) in [5.74, 6) is -0.417. The monoisotopic (exact) mass is 430 g/mol. The molecule has 0 bridgehead atoms. The number of benzene rings is 1. The Balaban J connectivity index is 1.58. The van der Waals surface area contributed by atoms with E-state index in [9.17, 15) is 18.0 Å². The number of halogens is 4. The van der Waals surface area contributed by atoms with Crippen LogP contribution < -0.4 is 5.32 Å². The van der Waals surface area contributed by atoms with Crippen LogP contribution in [0, 0.1) is 11.3 Å². The summed E-state index contributed by atoms with van der Waals surface area (Å²) in [6, 6.07) is 10.2. The number of hydrogen-bond donors (Lipinski definition) is 1. The lowest BCUT2D eigenvalue weighted by atomic mass is 10.0. The molecule has 6 nitrogen and oxygen atoms in total. The predicted octanol–water partition coefficient (Wildman–Crippen LogP) is 5.15. The minimum absolute atomic E-state index is 0.000692. The van der Waals surface area contributed by atoms with E-state index < -0.39 is 17.6 Å². The predicted molar refractivity (Wildman–Crippen MR) is 102 cm³/mol. The number of carbonyl (C=O) groups is 1. The molecule has 1 aliphatic heterocycles. The van der Waals surface area contributed by atoms with Gasteiger partial charge in [0.2, 0.25) is 5.76 Å². The standard InChI is InChI=1S/C20H10ClF3N4O2/c21-15-3-1-12(27-19(29)17-4-2-13(8-25)30-17)7-14(15)16-6-10-5-11(20(22,23)24)9-26-18(10)28-16/h1-5,7,9H,6H2,(H,27,29). The highest BCUT2D eigenvalue weighted by atomic mass is 35.5. The van der Waals surface area contributed by atoms with Gasteiger partial charge < -0.3 is 9.73 Å². The number of nitrogens with zero attached hydrogens (tertiary/aromatic N) is 3. The maximum absolute atomic E-state index is 12.9. The van der Waals surface area contributed by atoms with Gasteiger partial charge in [0.25, 0.3) is 5.91 Å². The van der Waals surface area contributed by atoms with Crippen LogP contribution in [-0.2, 0) is 12.6 Å². The number of aliphatic imine (C=N–C) groups is 1. The molecular weight excluding hydrogens is 421 g/mol. The third-order valence-corrected chi connectivity index (χ3v) is 4.67. The molecule has 0 atom stereocenters. The van der Waals surface area contributed by atoms with Crippen LogP contribution in [0.3, 0.4) is 0 Å². The van der Waals surface area contributed by atoms with E-state index in [2.05, 4.69) is 15.3 Å². The van der Waals surface area contributed by atoms with Gasteiger partial charge in [0.1, 0.15) is 6.07 Å². The first-order valence-corrected chi connectivity index (χ1v) is 8.87. The number of nitrogens with one attached hydrogen (secondary N) is 1. The van der Waals surface area contributed by atoms with Crippen molar-refractivity contribution in [2.45, 2.75) is 12.6 Å². The quantitative estimate of drug-likeness (QED) is 0.622. The van der Waals surface area contributed by atoms with Crippen LogP contribution in [0.5, 0.6) is 0 Å². The molecule has 150 valence electrons. The number of hydrogen-bond acceptors (Lipinski definition) is 5. The highest BCUT2D eigenvalue weighted by Gasteiger charge is 2.33. The highest BCUT2D eigenvalue weighted by molar-refractivity contribution is 6.34. The van der Waals surface area contributed by atoms with Crippen LogP contribution in [0.15, 0.2) is 52.0 Å². The number of amides is 1. The van der Waals surface area contributed by atoms with E-state index in [-0.39, 0.29) is 23.8 Å². The van der Waals surface area contributed by atoms with Crippen molar-refractivity contribution in [3.05, 3.63) is 75.8 Å². The molecule has 0 saturated carbocycles. The number of carbonyl (C=O) groups excluding carboxylic acids is 1. The molecule has 30 heavy (non-hydrogen) atoms. The average molecular weight is 431 g/mol. The minimum atomic E-state index is -4.50. The summed E-state index contributed by atoms with van der Waals surface area (Å²) in [5, 5.41) is 11.7. The van der Waals surface area contributed by atoms with Crippen molar-refractivity contribution >= 4 is 34.7 Å². The van der Waals surface area contributed by atoms with Gasteiger partial charge in [0.15, 0.2) is 11.6 Å². The lowest BCUT2D eigenvalue weighted by Gasteiger charge is -2.09. The SMILES string of the molecule is N#Cc1ccc(C(=O)Nc2ccc(Cl)c(C3=Nc4ncc(C(F)(F)F)cc4C3)c2)o1. The van der Waals surface area contributed by atoms with E-state index in [0.717, 1.165) is 12.3 Å². The van der Waals surface area contributed by atoms with Crippen molar-refractivity contribution in [1.29, 1.82) is 5.26 Å². The minimum Gasteiger partial charge on any atom is -0.440 e. The Morgan fingerprint density at radius 1 is 1.23 bits per heavy atom. The number of rotatable bonds is 3. The molecule has 3 heterocycles. The lowest BCUT2D eigenvalue weighted by Crippen LogP contribution is -2.12. The van der Waals surface area contributed by atoms with E-state index in [1.54, 1.807) is 18.2 Å². The fourth-order valence-electron chi connectivity index (χ4n) is 2.93. The zero-order valence-corrected chi connectivity index (χ0v) is 15.7. The van der Waals surface area contributed by atoms with E-state index in [4.69, 9.17) is 21.3 Å². The molecule has 3 aromatic rings. The van der Waals surface area contributed by atoms with E-state index in [1.807, 2.05) is 0 Å². The Hall–Kier alpha value is -3.64. The Morgan fingerprint density at radius 2 is 2.03 bits per heavy atom. The fraction of sp³-hybridized carbons (Fsp3) is 0.100. The van der Waals surface area contributed by atoms with Crippen LogP contribution in [0.2, 0.25) is 5.02 Å². The number of fused-ring (bicyclic) bond motifs is 1. The maximum atomic E-state index is 12.9. The van der Waals surface area contributed by atoms with Gasteiger partial charge in [-0.3, -0.25) is 4.79 Å². The molecule has 1 aromatic carbocycles. The van der Waals surface area contributed by atoms with Crippen molar-refractivity contribution in [2.24, 2.45) is 4.99 Å². The molecule has 0 aliphatic carbocycles. The topological polar surface area (TPSA) is 91.3 Å². The summed E-state index contributed by atoms with van der Waals surface area (Å²) >= 11 is 6.25. The number of nitriles is 1. The van der Waals surface area contributed by atoms with Gasteiger partial charge in [-0.05, 0) is 36.4 Å². The molecule has 10 heteroatoms. The summed E-state index contributed by atoms with van der Waals surface area (Å²) in [7, 11) is 0. The Labute approximate surface area is 172 Å². The zero-order valence-electron chi connectivity index (χ0n) is 14.9. The average Bonchev–Trinajstić information content (AvgIpc) is 3.35. The molecule has 0 fully saturated rings. The summed E-state index contributed by atoms with van der Waals surface area (Å²) in [6.07, 6.45) is -3.64. The number of aromatic nitrogens is 1. The maximum Gasteiger partial charge on any atom is 0.417 e. The van der Waals surface area contributed by atoms with Crippen molar-refractivity contribution < 1.29 is 22.4 Å². The largest absolute Gasteiger partial charge is 0.440 e. The Bertz CT molecular complexity index is 1240. The van der Waals surface area contributed by atoms with E-state index in [0.29, 0.717) is 27.5 Å². The molecule has 1 aliphatic rings. The second kappa shape index (κ2) is 7.31. The fourth-order valence-corrected chi connectivity index (χ4v) is 3.16. The lowest BCUT2D eigenvalue weighted by molar-refractivity contribution is -0.137. The highest BCUT2D eigenvalue weighted by Crippen LogP contribution is 2.35. The van der Waals surface area contributed by atoms with Crippen molar-refractivity contribution in [3.63, 3.8) is 0 Å². The molecule has 0 spiro atoms. The van der Waals surface area contributed by atoms with Gasteiger partial charge in [-0.25, -0.2) is 9.98 Å².